The highest BCUT2D eigenvalue weighted by Gasteiger charge is 2.23. The molecule has 0 spiro atoms. The predicted octanol–water partition coefficient (Wildman–Crippen LogP) is 2.56. The molecule has 0 aliphatic carbocycles. The van der Waals surface area contributed by atoms with Gasteiger partial charge in [-0.25, -0.2) is 4.79 Å². The molecule has 0 bridgehead atoms. The molecule has 1 N–H and O–H groups in total. The zero-order valence-corrected chi connectivity index (χ0v) is 16.2. The quantitative estimate of drug-likeness (QED) is 0.456. The van der Waals surface area contributed by atoms with Crippen molar-refractivity contribution in [3.05, 3.63) is 71.3 Å². The molecule has 0 saturated heterocycles. The number of carbonyl (C=O) groups is 2. The first kappa shape index (κ1) is 20.7. The van der Waals surface area contributed by atoms with Crippen molar-refractivity contribution in [3.8, 4) is 6.07 Å². The summed E-state index contributed by atoms with van der Waals surface area (Å²) in [5.41, 5.74) is 2.52. The number of carbonyl (C=O) groups excluding carboxylic acids is 2. The molecule has 0 heterocycles. The largest absolute Gasteiger partial charge is 0.467 e. The Morgan fingerprint density at radius 2 is 1.79 bits per heavy atom. The standard InChI is InChI=1S/C22H23N3O3/c1-25(2)19-11-9-17(10-12-19)13-18(15-23)21(26)24-20(22(27)28-3)14-16-7-5-4-6-8-16/h4-13,20H,14H2,1-3H3,(H,24,26)/b18-13+. The summed E-state index contributed by atoms with van der Waals surface area (Å²) in [5, 5.41) is 12.0. The summed E-state index contributed by atoms with van der Waals surface area (Å²) < 4.78 is 4.79. The summed E-state index contributed by atoms with van der Waals surface area (Å²) >= 11 is 0. The van der Waals surface area contributed by atoms with Crippen LogP contribution in [-0.4, -0.2) is 39.1 Å². The van der Waals surface area contributed by atoms with Gasteiger partial charge in [0, 0.05) is 26.2 Å². The molecule has 6 nitrogen and oxygen atoms in total. The van der Waals surface area contributed by atoms with Gasteiger partial charge in [-0.15, -0.1) is 0 Å². The van der Waals surface area contributed by atoms with E-state index in [1.807, 2.05) is 79.7 Å². The van der Waals surface area contributed by atoms with E-state index in [0.717, 1.165) is 16.8 Å². The monoisotopic (exact) mass is 377 g/mol. The van der Waals surface area contributed by atoms with Crippen LogP contribution in [0.3, 0.4) is 0 Å². The Morgan fingerprint density at radius 3 is 2.32 bits per heavy atom. The summed E-state index contributed by atoms with van der Waals surface area (Å²) in [4.78, 5) is 26.6. The van der Waals surface area contributed by atoms with Crippen molar-refractivity contribution in [1.82, 2.24) is 5.32 Å². The average Bonchev–Trinajstić information content (AvgIpc) is 2.71. The van der Waals surface area contributed by atoms with Crippen molar-refractivity contribution >= 4 is 23.6 Å². The number of ether oxygens (including phenoxy) is 1. The number of hydrogen-bond acceptors (Lipinski definition) is 5. The summed E-state index contributed by atoms with van der Waals surface area (Å²) in [6.07, 6.45) is 1.77. The summed E-state index contributed by atoms with van der Waals surface area (Å²) in [7, 11) is 5.12. The highest BCUT2D eigenvalue weighted by molar-refractivity contribution is 6.03. The highest BCUT2D eigenvalue weighted by atomic mass is 16.5. The van der Waals surface area contributed by atoms with Crippen LogP contribution in [0.5, 0.6) is 0 Å². The maximum absolute atomic E-state index is 12.6. The second-order valence-corrected chi connectivity index (χ2v) is 6.39. The Morgan fingerprint density at radius 1 is 1.14 bits per heavy atom. The fraction of sp³-hybridized carbons (Fsp3) is 0.227. The van der Waals surface area contributed by atoms with Gasteiger partial charge in [0.1, 0.15) is 17.7 Å². The first-order valence-corrected chi connectivity index (χ1v) is 8.76. The highest BCUT2D eigenvalue weighted by Crippen LogP contribution is 2.15. The zero-order chi connectivity index (χ0) is 20.5. The number of nitrogens with zero attached hydrogens (tertiary/aromatic N) is 2. The van der Waals surface area contributed by atoms with Crippen LogP contribution in [0.1, 0.15) is 11.1 Å². The summed E-state index contributed by atoms with van der Waals surface area (Å²) in [6, 6.07) is 17.7. The molecule has 2 aromatic carbocycles. The van der Waals surface area contributed by atoms with Gasteiger partial charge in [-0.1, -0.05) is 42.5 Å². The molecule has 0 aliphatic rings. The van der Waals surface area contributed by atoms with Crippen LogP contribution in [0.4, 0.5) is 5.69 Å². The maximum atomic E-state index is 12.6. The minimum absolute atomic E-state index is 0.0837. The van der Waals surface area contributed by atoms with Crippen LogP contribution >= 0.6 is 0 Å². The number of amides is 1. The van der Waals surface area contributed by atoms with Crippen molar-refractivity contribution in [2.45, 2.75) is 12.5 Å². The minimum Gasteiger partial charge on any atom is -0.467 e. The number of nitrogens with one attached hydrogen (secondary N) is 1. The lowest BCUT2D eigenvalue weighted by Gasteiger charge is -2.16. The molecule has 2 rings (SSSR count). The van der Waals surface area contributed by atoms with Gasteiger partial charge < -0.3 is 15.0 Å². The molecule has 1 amide bonds. The number of methoxy groups -OCH3 is 1. The van der Waals surface area contributed by atoms with Gasteiger partial charge in [-0.2, -0.15) is 5.26 Å². The molecule has 0 fully saturated rings. The number of nitriles is 1. The van der Waals surface area contributed by atoms with Crippen LogP contribution in [-0.2, 0) is 20.7 Å². The van der Waals surface area contributed by atoms with Crippen LogP contribution in [0.2, 0.25) is 0 Å². The average molecular weight is 377 g/mol. The zero-order valence-electron chi connectivity index (χ0n) is 16.2. The molecule has 0 saturated carbocycles. The van der Waals surface area contributed by atoms with Crippen molar-refractivity contribution in [2.75, 3.05) is 26.1 Å². The van der Waals surface area contributed by atoms with E-state index in [1.54, 1.807) is 0 Å². The molecule has 6 heteroatoms. The number of esters is 1. The Labute approximate surface area is 165 Å². The first-order valence-electron chi connectivity index (χ1n) is 8.76. The van der Waals surface area contributed by atoms with Gasteiger partial charge in [0.05, 0.1) is 7.11 Å². The fourth-order valence-electron chi connectivity index (χ4n) is 2.61. The lowest BCUT2D eigenvalue weighted by molar-refractivity contribution is -0.144. The smallest absolute Gasteiger partial charge is 0.328 e. The van der Waals surface area contributed by atoms with E-state index in [0.29, 0.717) is 0 Å². The maximum Gasteiger partial charge on any atom is 0.328 e. The molecule has 0 radical (unpaired) electrons. The van der Waals surface area contributed by atoms with E-state index >= 15 is 0 Å². The van der Waals surface area contributed by atoms with Crippen LogP contribution in [0.25, 0.3) is 6.08 Å². The van der Waals surface area contributed by atoms with Gasteiger partial charge in [0.2, 0.25) is 0 Å². The van der Waals surface area contributed by atoms with Gasteiger partial charge in [-0.05, 0) is 29.3 Å². The van der Waals surface area contributed by atoms with E-state index in [9.17, 15) is 14.9 Å². The molecular weight excluding hydrogens is 354 g/mol. The van der Waals surface area contributed by atoms with Gasteiger partial charge in [0.25, 0.3) is 5.91 Å². The van der Waals surface area contributed by atoms with Gasteiger partial charge in [0.15, 0.2) is 0 Å². The van der Waals surface area contributed by atoms with Gasteiger partial charge >= 0.3 is 5.97 Å². The molecule has 1 unspecified atom stereocenters. The Kier molecular flexibility index (Phi) is 7.35. The molecule has 0 aromatic heterocycles. The van der Waals surface area contributed by atoms with Crippen LogP contribution in [0, 0.1) is 11.3 Å². The Hall–Kier alpha value is -3.59. The summed E-state index contributed by atoms with van der Waals surface area (Å²) in [5.74, 6) is -1.18. The van der Waals surface area contributed by atoms with Crippen molar-refractivity contribution < 1.29 is 14.3 Å². The Balaban J connectivity index is 2.17. The third-order valence-electron chi connectivity index (χ3n) is 4.16. The lowest BCUT2D eigenvalue weighted by atomic mass is 10.0. The van der Waals surface area contributed by atoms with Crippen molar-refractivity contribution in [1.29, 1.82) is 5.26 Å². The third-order valence-corrected chi connectivity index (χ3v) is 4.16. The lowest BCUT2D eigenvalue weighted by Crippen LogP contribution is -2.43. The topological polar surface area (TPSA) is 82.4 Å². The van der Waals surface area contributed by atoms with E-state index in [-0.39, 0.29) is 12.0 Å². The SMILES string of the molecule is COC(=O)C(Cc1ccccc1)NC(=O)/C(C#N)=C/c1ccc(N(C)C)cc1. The molecular formula is C22H23N3O3. The molecule has 28 heavy (non-hydrogen) atoms. The molecule has 144 valence electrons. The normalized spacial score (nSPS) is 11.9. The van der Waals surface area contributed by atoms with E-state index in [2.05, 4.69) is 5.32 Å². The predicted molar refractivity (Wildman–Crippen MR) is 108 cm³/mol. The number of anilines is 1. The molecule has 0 aliphatic heterocycles. The molecule has 2 aromatic rings. The number of benzene rings is 2. The van der Waals surface area contributed by atoms with E-state index in [1.165, 1.54) is 13.2 Å². The second-order valence-electron chi connectivity index (χ2n) is 6.39. The van der Waals surface area contributed by atoms with Crippen LogP contribution < -0.4 is 10.2 Å². The van der Waals surface area contributed by atoms with E-state index in [4.69, 9.17) is 4.74 Å². The fourth-order valence-corrected chi connectivity index (χ4v) is 2.61. The van der Waals surface area contributed by atoms with Crippen molar-refractivity contribution in [2.24, 2.45) is 0 Å². The summed E-state index contributed by atoms with van der Waals surface area (Å²) in [6.45, 7) is 0. The second kappa shape index (κ2) is 9.93. The Bertz CT molecular complexity index is 881. The van der Waals surface area contributed by atoms with Crippen molar-refractivity contribution in [3.63, 3.8) is 0 Å². The number of rotatable bonds is 7. The van der Waals surface area contributed by atoms with E-state index < -0.39 is 17.9 Å². The number of hydrogen-bond donors (Lipinski definition) is 1. The molecule has 1 atom stereocenters. The minimum atomic E-state index is -0.882. The third kappa shape index (κ3) is 5.71. The van der Waals surface area contributed by atoms with Crippen LogP contribution in [0.15, 0.2) is 60.2 Å². The first-order chi connectivity index (χ1) is 13.4. The van der Waals surface area contributed by atoms with Gasteiger partial charge in [-0.3, -0.25) is 4.79 Å².